The predicted molar refractivity (Wildman–Crippen MR) is 64.6 cm³/mol. The number of carbonyl (C=O) groups is 1. The van der Waals surface area contributed by atoms with Crippen LogP contribution in [0.3, 0.4) is 0 Å². The van der Waals surface area contributed by atoms with E-state index in [0.717, 1.165) is 6.42 Å². The van der Waals surface area contributed by atoms with Gasteiger partial charge in [-0.25, -0.2) is 4.98 Å². The number of phenolic OH excluding ortho intramolecular Hbond substituents is 1. The molecule has 1 amide bonds. The summed E-state index contributed by atoms with van der Waals surface area (Å²) in [5.41, 5.74) is 12.2. The first-order valence-electron chi connectivity index (χ1n) is 5.33. The Bertz CT molecular complexity index is 589. The minimum Gasteiger partial charge on any atom is -0.506 e. The number of nitrogen functional groups attached to an aromatic ring is 1. The quantitative estimate of drug-likeness (QED) is 0.731. The number of aromatic nitrogens is 2. The summed E-state index contributed by atoms with van der Waals surface area (Å²) in [7, 11) is 0. The number of phenols is 1. The van der Waals surface area contributed by atoms with Crippen LogP contribution in [0.4, 0.5) is 5.95 Å². The van der Waals surface area contributed by atoms with E-state index in [2.05, 4.69) is 4.98 Å². The van der Waals surface area contributed by atoms with E-state index in [1.165, 1.54) is 12.1 Å². The molecule has 0 spiro atoms. The maximum atomic E-state index is 11.1. The summed E-state index contributed by atoms with van der Waals surface area (Å²) < 4.78 is 1.72. The fourth-order valence-electron chi connectivity index (χ4n) is 1.86. The van der Waals surface area contributed by atoms with Crippen molar-refractivity contribution >= 4 is 22.9 Å². The Hall–Kier alpha value is -2.24. The molecule has 0 aliphatic heterocycles. The highest BCUT2D eigenvalue weighted by atomic mass is 16.3. The summed E-state index contributed by atoms with van der Waals surface area (Å²) in [6.07, 6.45) is 0.868. The zero-order valence-corrected chi connectivity index (χ0v) is 9.47. The highest BCUT2D eigenvalue weighted by molar-refractivity contribution is 5.98. The molecule has 0 fully saturated rings. The number of primary amides is 1. The molecule has 0 saturated carbocycles. The number of benzene rings is 1. The highest BCUT2D eigenvalue weighted by Crippen LogP contribution is 2.28. The lowest BCUT2D eigenvalue weighted by Gasteiger charge is -2.05. The molecule has 0 radical (unpaired) electrons. The maximum Gasteiger partial charge on any atom is 0.248 e. The van der Waals surface area contributed by atoms with Crippen molar-refractivity contribution in [3.8, 4) is 5.75 Å². The van der Waals surface area contributed by atoms with Crippen LogP contribution < -0.4 is 11.5 Å². The van der Waals surface area contributed by atoms with Crippen molar-refractivity contribution in [1.29, 1.82) is 0 Å². The molecule has 1 heterocycles. The topological polar surface area (TPSA) is 107 Å². The molecule has 0 saturated heterocycles. The van der Waals surface area contributed by atoms with Crippen molar-refractivity contribution in [2.24, 2.45) is 5.73 Å². The summed E-state index contributed by atoms with van der Waals surface area (Å²) in [4.78, 5) is 15.2. The molecule has 0 unspecified atom stereocenters. The second-order valence-corrected chi connectivity index (χ2v) is 3.85. The second kappa shape index (κ2) is 3.97. The Labute approximate surface area is 97.8 Å². The Morgan fingerprint density at radius 3 is 2.82 bits per heavy atom. The molecule has 90 valence electrons. The van der Waals surface area contributed by atoms with E-state index >= 15 is 0 Å². The summed E-state index contributed by atoms with van der Waals surface area (Å²) in [6.45, 7) is 2.66. The zero-order chi connectivity index (χ0) is 12.6. The summed E-state index contributed by atoms with van der Waals surface area (Å²) in [5, 5.41) is 9.90. The van der Waals surface area contributed by atoms with Crippen LogP contribution in [0, 0.1) is 0 Å². The van der Waals surface area contributed by atoms with Crippen LogP contribution in [0.2, 0.25) is 0 Å². The lowest BCUT2D eigenvalue weighted by molar-refractivity contribution is 0.1000. The predicted octanol–water partition coefficient (Wildman–Crippen LogP) is 0.833. The van der Waals surface area contributed by atoms with Crippen molar-refractivity contribution in [3.05, 3.63) is 17.7 Å². The molecule has 2 rings (SSSR count). The average molecular weight is 234 g/mol. The van der Waals surface area contributed by atoms with Crippen LogP contribution in [0.25, 0.3) is 11.0 Å². The van der Waals surface area contributed by atoms with Gasteiger partial charge in [0.25, 0.3) is 0 Å². The molecule has 1 aromatic heterocycles. The molecule has 2 aromatic rings. The third-order valence-corrected chi connectivity index (χ3v) is 2.58. The SMILES string of the molecule is CCCn1c(N)nc2cc(C(N)=O)cc(O)c21. The van der Waals surface area contributed by atoms with Gasteiger partial charge >= 0.3 is 0 Å². The van der Waals surface area contributed by atoms with Crippen LogP contribution >= 0.6 is 0 Å². The van der Waals surface area contributed by atoms with Gasteiger partial charge in [-0.2, -0.15) is 0 Å². The van der Waals surface area contributed by atoms with Gasteiger partial charge in [0, 0.05) is 12.1 Å². The molecule has 17 heavy (non-hydrogen) atoms. The van der Waals surface area contributed by atoms with Crippen molar-refractivity contribution < 1.29 is 9.90 Å². The van der Waals surface area contributed by atoms with Gasteiger partial charge in [-0.1, -0.05) is 6.92 Å². The number of nitrogens with zero attached hydrogens (tertiary/aromatic N) is 2. The third kappa shape index (κ3) is 1.77. The Kier molecular flexibility index (Phi) is 2.63. The van der Waals surface area contributed by atoms with Crippen LogP contribution in [0.15, 0.2) is 12.1 Å². The molecule has 0 atom stereocenters. The van der Waals surface area contributed by atoms with E-state index in [9.17, 15) is 9.90 Å². The minimum absolute atomic E-state index is 0.0334. The summed E-state index contributed by atoms with van der Waals surface area (Å²) >= 11 is 0. The Morgan fingerprint density at radius 1 is 1.53 bits per heavy atom. The van der Waals surface area contributed by atoms with E-state index in [4.69, 9.17) is 11.5 Å². The highest BCUT2D eigenvalue weighted by Gasteiger charge is 2.14. The first-order chi connectivity index (χ1) is 8.04. The van der Waals surface area contributed by atoms with Crippen LogP contribution in [0.1, 0.15) is 23.7 Å². The van der Waals surface area contributed by atoms with Crippen molar-refractivity contribution in [1.82, 2.24) is 9.55 Å². The lowest BCUT2D eigenvalue weighted by atomic mass is 10.1. The van der Waals surface area contributed by atoms with Gasteiger partial charge in [0.15, 0.2) is 0 Å². The monoisotopic (exact) mass is 234 g/mol. The van der Waals surface area contributed by atoms with E-state index in [1.807, 2.05) is 6.92 Å². The number of fused-ring (bicyclic) bond motifs is 1. The van der Waals surface area contributed by atoms with Crippen LogP contribution in [0.5, 0.6) is 5.75 Å². The number of rotatable bonds is 3. The Morgan fingerprint density at radius 2 is 2.24 bits per heavy atom. The smallest absolute Gasteiger partial charge is 0.248 e. The summed E-state index contributed by atoms with van der Waals surface area (Å²) in [5.74, 6) is -0.321. The molecule has 6 nitrogen and oxygen atoms in total. The lowest BCUT2D eigenvalue weighted by Crippen LogP contribution is -2.10. The number of anilines is 1. The molecule has 0 aliphatic carbocycles. The minimum atomic E-state index is -0.606. The largest absolute Gasteiger partial charge is 0.506 e. The standard InChI is InChI=1S/C11H14N4O2/c1-2-3-15-9-7(14-11(15)13)4-6(10(12)17)5-8(9)16/h4-5,16H,2-3H2,1H3,(H2,12,17)(H2,13,14). The number of imidazole rings is 1. The van der Waals surface area contributed by atoms with E-state index in [-0.39, 0.29) is 11.3 Å². The van der Waals surface area contributed by atoms with Gasteiger partial charge in [-0.15, -0.1) is 0 Å². The average Bonchev–Trinajstić information content (AvgIpc) is 2.56. The van der Waals surface area contributed by atoms with Crippen molar-refractivity contribution in [3.63, 3.8) is 0 Å². The van der Waals surface area contributed by atoms with Crippen LogP contribution in [-0.4, -0.2) is 20.6 Å². The zero-order valence-electron chi connectivity index (χ0n) is 9.47. The van der Waals surface area contributed by atoms with Crippen LogP contribution in [-0.2, 0) is 6.54 Å². The van der Waals surface area contributed by atoms with Gasteiger partial charge in [0.05, 0.1) is 5.52 Å². The van der Waals surface area contributed by atoms with E-state index in [1.54, 1.807) is 4.57 Å². The fraction of sp³-hybridized carbons (Fsp3) is 0.273. The fourth-order valence-corrected chi connectivity index (χ4v) is 1.86. The number of carbonyl (C=O) groups excluding carboxylic acids is 1. The van der Waals surface area contributed by atoms with E-state index < -0.39 is 5.91 Å². The van der Waals surface area contributed by atoms with Crippen molar-refractivity contribution in [2.75, 3.05) is 5.73 Å². The van der Waals surface area contributed by atoms with Gasteiger partial charge in [0.2, 0.25) is 11.9 Å². The Balaban J connectivity index is 2.72. The first kappa shape index (κ1) is 11.3. The number of nitrogens with two attached hydrogens (primary N) is 2. The molecule has 1 aromatic carbocycles. The number of hydrogen-bond acceptors (Lipinski definition) is 4. The van der Waals surface area contributed by atoms with Gasteiger partial charge in [0.1, 0.15) is 11.3 Å². The molecular formula is C11H14N4O2. The number of aromatic hydroxyl groups is 1. The normalized spacial score (nSPS) is 10.9. The maximum absolute atomic E-state index is 11.1. The van der Waals surface area contributed by atoms with Gasteiger partial charge in [-0.3, -0.25) is 4.79 Å². The number of hydrogen-bond donors (Lipinski definition) is 3. The van der Waals surface area contributed by atoms with Gasteiger partial charge in [-0.05, 0) is 18.6 Å². The van der Waals surface area contributed by atoms with E-state index in [0.29, 0.717) is 23.5 Å². The molecular weight excluding hydrogens is 220 g/mol. The molecule has 0 bridgehead atoms. The molecule has 5 N–H and O–H groups in total. The summed E-state index contributed by atoms with van der Waals surface area (Å²) in [6, 6.07) is 2.86. The molecule has 6 heteroatoms. The van der Waals surface area contributed by atoms with Crippen molar-refractivity contribution in [2.45, 2.75) is 19.9 Å². The second-order valence-electron chi connectivity index (χ2n) is 3.85. The van der Waals surface area contributed by atoms with Gasteiger partial charge < -0.3 is 21.1 Å². The first-order valence-corrected chi connectivity index (χ1v) is 5.33. The number of amides is 1. The molecule has 0 aliphatic rings. The third-order valence-electron chi connectivity index (χ3n) is 2.58. The number of aryl methyl sites for hydroxylation is 1.